The van der Waals surface area contributed by atoms with Gasteiger partial charge in [0.2, 0.25) is 10.0 Å². The molecule has 2 N–H and O–H groups in total. The molecule has 108 valence electrons. The maximum atomic E-state index is 12.2. The highest BCUT2D eigenvalue weighted by Crippen LogP contribution is 2.14. The minimum absolute atomic E-state index is 0.0276. The Bertz CT molecular complexity index is 480. The van der Waals surface area contributed by atoms with Crippen LogP contribution in [-0.2, 0) is 16.4 Å². The second-order valence-electron chi connectivity index (χ2n) is 4.98. The van der Waals surface area contributed by atoms with E-state index in [1.807, 2.05) is 32.9 Å². The summed E-state index contributed by atoms with van der Waals surface area (Å²) in [4.78, 5) is 0.272. The molecule has 0 spiro atoms. The van der Waals surface area contributed by atoms with Gasteiger partial charge in [-0.3, -0.25) is 0 Å². The quantitative estimate of drug-likeness (QED) is 0.804. The van der Waals surface area contributed by atoms with Crippen molar-refractivity contribution in [3.05, 3.63) is 29.8 Å². The maximum absolute atomic E-state index is 12.2. The van der Waals surface area contributed by atoms with Gasteiger partial charge in [-0.05, 0) is 36.5 Å². The summed E-state index contributed by atoms with van der Waals surface area (Å²) >= 11 is 0. The number of hydrogen-bond acceptors (Lipinski definition) is 3. The first-order chi connectivity index (χ1) is 8.90. The molecule has 1 unspecified atom stereocenters. The number of benzene rings is 1. The fourth-order valence-corrected chi connectivity index (χ4v) is 3.26. The summed E-state index contributed by atoms with van der Waals surface area (Å²) in [7, 11) is -3.51. The number of hydrogen-bond donors (Lipinski definition) is 2. The van der Waals surface area contributed by atoms with Crippen LogP contribution in [0.15, 0.2) is 29.2 Å². The molecule has 0 fully saturated rings. The van der Waals surface area contributed by atoms with Gasteiger partial charge in [0.05, 0.1) is 4.90 Å². The van der Waals surface area contributed by atoms with E-state index >= 15 is 0 Å². The number of aryl methyl sites for hydroxylation is 1. The van der Waals surface area contributed by atoms with Gasteiger partial charge >= 0.3 is 0 Å². The highest BCUT2D eigenvalue weighted by Gasteiger charge is 2.21. The second-order valence-corrected chi connectivity index (χ2v) is 6.70. The SMILES string of the molecule is CCc1ccc(S(=O)(=O)NC(CCO)C(C)C)cc1. The van der Waals surface area contributed by atoms with Crippen molar-refractivity contribution >= 4 is 10.0 Å². The Labute approximate surface area is 115 Å². The minimum Gasteiger partial charge on any atom is -0.396 e. The molecule has 0 aromatic heterocycles. The predicted molar refractivity (Wildman–Crippen MR) is 76.5 cm³/mol. The largest absolute Gasteiger partial charge is 0.396 e. The van der Waals surface area contributed by atoms with Gasteiger partial charge in [-0.15, -0.1) is 0 Å². The number of aliphatic hydroxyl groups excluding tert-OH is 1. The van der Waals surface area contributed by atoms with Gasteiger partial charge in [0, 0.05) is 12.6 Å². The highest BCUT2D eigenvalue weighted by atomic mass is 32.2. The summed E-state index contributed by atoms with van der Waals surface area (Å²) < 4.78 is 27.1. The standard InChI is InChI=1S/C14H23NO3S/c1-4-12-5-7-13(8-6-12)19(17,18)15-14(9-10-16)11(2)3/h5-8,11,14-16H,4,9-10H2,1-3H3. The molecular weight excluding hydrogens is 262 g/mol. The smallest absolute Gasteiger partial charge is 0.240 e. The monoisotopic (exact) mass is 285 g/mol. The number of rotatable bonds is 7. The molecule has 0 aliphatic heterocycles. The first-order valence-corrected chi connectivity index (χ1v) is 8.11. The molecule has 1 aromatic rings. The summed E-state index contributed by atoms with van der Waals surface area (Å²) in [5.41, 5.74) is 1.11. The summed E-state index contributed by atoms with van der Waals surface area (Å²) in [6.07, 6.45) is 1.30. The van der Waals surface area contributed by atoms with E-state index < -0.39 is 10.0 Å². The van der Waals surface area contributed by atoms with Crippen LogP contribution in [0.3, 0.4) is 0 Å². The summed E-state index contributed by atoms with van der Waals surface area (Å²) in [6, 6.07) is 6.64. The third-order valence-electron chi connectivity index (χ3n) is 3.19. The molecule has 0 heterocycles. The number of sulfonamides is 1. The van der Waals surface area contributed by atoms with Crippen LogP contribution >= 0.6 is 0 Å². The molecule has 0 aliphatic carbocycles. The van der Waals surface area contributed by atoms with Crippen LogP contribution in [0, 0.1) is 5.92 Å². The van der Waals surface area contributed by atoms with Crippen molar-refractivity contribution < 1.29 is 13.5 Å². The molecule has 4 nitrogen and oxygen atoms in total. The highest BCUT2D eigenvalue weighted by molar-refractivity contribution is 7.89. The molecule has 19 heavy (non-hydrogen) atoms. The van der Waals surface area contributed by atoms with Crippen LogP contribution < -0.4 is 4.72 Å². The minimum atomic E-state index is -3.51. The lowest BCUT2D eigenvalue weighted by molar-refractivity contribution is 0.256. The molecule has 0 aliphatic rings. The molecule has 0 bridgehead atoms. The van der Waals surface area contributed by atoms with Crippen molar-refractivity contribution in [3.63, 3.8) is 0 Å². The van der Waals surface area contributed by atoms with Gasteiger partial charge in [0.25, 0.3) is 0 Å². The lowest BCUT2D eigenvalue weighted by atomic mass is 10.0. The van der Waals surface area contributed by atoms with Gasteiger partial charge in [0.1, 0.15) is 0 Å². The number of nitrogens with one attached hydrogen (secondary N) is 1. The van der Waals surface area contributed by atoms with Crippen LogP contribution in [0.1, 0.15) is 32.8 Å². The normalized spacial score (nSPS) is 13.7. The fourth-order valence-electron chi connectivity index (χ4n) is 1.84. The molecule has 5 heteroatoms. The molecule has 0 saturated heterocycles. The van der Waals surface area contributed by atoms with Crippen molar-refractivity contribution in [2.75, 3.05) is 6.61 Å². The van der Waals surface area contributed by atoms with Crippen molar-refractivity contribution in [1.82, 2.24) is 4.72 Å². The lowest BCUT2D eigenvalue weighted by Gasteiger charge is -2.21. The van der Waals surface area contributed by atoms with Gasteiger partial charge < -0.3 is 5.11 Å². The predicted octanol–water partition coefficient (Wildman–Crippen LogP) is 1.93. The summed E-state index contributed by atoms with van der Waals surface area (Å²) in [5, 5.41) is 8.99. The average molecular weight is 285 g/mol. The Morgan fingerprint density at radius 3 is 2.21 bits per heavy atom. The van der Waals surface area contributed by atoms with Crippen molar-refractivity contribution in [3.8, 4) is 0 Å². The van der Waals surface area contributed by atoms with E-state index in [1.54, 1.807) is 12.1 Å². The third-order valence-corrected chi connectivity index (χ3v) is 4.70. The van der Waals surface area contributed by atoms with E-state index in [1.165, 1.54) is 0 Å². The first-order valence-electron chi connectivity index (χ1n) is 6.62. The molecular formula is C14H23NO3S. The zero-order valence-electron chi connectivity index (χ0n) is 11.8. The number of aliphatic hydroxyl groups is 1. The van der Waals surface area contributed by atoms with Crippen LogP contribution in [-0.4, -0.2) is 26.2 Å². The van der Waals surface area contributed by atoms with E-state index in [9.17, 15) is 8.42 Å². The third kappa shape index (κ3) is 4.60. The molecule has 1 atom stereocenters. The van der Waals surface area contributed by atoms with Gasteiger partial charge in [-0.25, -0.2) is 13.1 Å². The van der Waals surface area contributed by atoms with E-state index in [0.717, 1.165) is 12.0 Å². The molecule has 1 rings (SSSR count). The molecule has 0 saturated carbocycles. The Morgan fingerprint density at radius 1 is 1.21 bits per heavy atom. The lowest BCUT2D eigenvalue weighted by Crippen LogP contribution is -2.39. The van der Waals surface area contributed by atoms with E-state index in [2.05, 4.69) is 4.72 Å². The molecule has 0 amide bonds. The topological polar surface area (TPSA) is 66.4 Å². The van der Waals surface area contributed by atoms with Crippen molar-refractivity contribution in [2.24, 2.45) is 5.92 Å². The van der Waals surface area contributed by atoms with E-state index in [-0.39, 0.29) is 23.5 Å². The van der Waals surface area contributed by atoms with Crippen LogP contribution in [0.2, 0.25) is 0 Å². The summed E-state index contributed by atoms with van der Waals surface area (Å²) in [5.74, 6) is 0.136. The Kier molecular flexibility index (Phi) is 5.97. The van der Waals surface area contributed by atoms with Crippen LogP contribution in [0.4, 0.5) is 0 Å². The van der Waals surface area contributed by atoms with Crippen LogP contribution in [0.5, 0.6) is 0 Å². The van der Waals surface area contributed by atoms with E-state index in [0.29, 0.717) is 6.42 Å². The first kappa shape index (κ1) is 16.1. The Hall–Kier alpha value is -0.910. The molecule has 1 aromatic carbocycles. The van der Waals surface area contributed by atoms with Gasteiger partial charge in [-0.1, -0.05) is 32.9 Å². The van der Waals surface area contributed by atoms with Crippen molar-refractivity contribution in [1.29, 1.82) is 0 Å². The second kappa shape index (κ2) is 7.03. The van der Waals surface area contributed by atoms with Crippen molar-refractivity contribution in [2.45, 2.75) is 44.6 Å². The van der Waals surface area contributed by atoms with Crippen LogP contribution in [0.25, 0.3) is 0 Å². The maximum Gasteiger partial charge on any atom is 0.240 e. The van der Waals surface area contributed by atoms with E-state index in [4.69, 9.17) is 5.11 Å². The average Bonchev–Trinajstić information content (AvgIpc) is 2.38. The van der Waals surface area contributed by atoms with Gasteiger partial charge in [0.15, 0.2) is 0 Å². The zero-order valence-corrected chi connectivity index (χ0v) is 12.6. The Morgan fingerprint density at radius 2 is 1.79 bits per heavy atom. The fraction of sp³-hybridized carbons (Fsp3) is 0.571. The zero-order chi connectivity index (χ0) is 14.5. The van der Waals surface area contributed by atoms with Gasteiger partial charge in [-0.2, -0.15) is 0 Å². The Balaban J connectivity index is 2.89. The summed E-state index contributed by atoms with van der Waals surface area (Å²) in [6.45, 7) is 5.87. The molecule has 0 radical (unpaired) electrons.